The van der Waals surface area contributed by atoms with Crippen LogP contribution in [-0.4, -0.2) is 42.8 Å². The summed E-state index contributed by atoms with van der Waals surface area (Å²) in [5, 5.41) is 0. The third-order valence-corrected chi connectivity index (χ3v) is 4.66. The summed E-state index contributed by atoms with van der Waals surface area (Å²) >= 11 is 0. The van der Waals surface area contributed by atoms with Gasteiger partial charge in [-0.05, 0) is 12.1 Å². The molecule has 4 rings (SSSR count). The largest absolute Gasteiger partial charge is 0.487 e. The van der Waals surface area contributed by atoms with Crippen molar-refractivity contribution in [1.82, 2.24) is 4.90 Å². The van der Waals surface area contributed by atoms with Gasteiger partial charge in [0.25, 0.3) is 0 Å². The third kappa shape index (κ3) is 2.80. The molecular formula is C17H11F7N2O2. The van der Waals surface area contributed by atoms with Crippen LogP contribution in [0.5, 0.6) is 5.75 Å². The van der Waals surface area contributed by atoms with E-state index in [1.165, 1.54) is 12.1 Å². The summed E-state index contributed by atoms with van der Waals surface area (Å²) in [6.45, 7) is -4.48. The lowest BCUT2D eigenvalue weighted by molar-refractivity contribution is -0.0981. The minimum absolute atomic E-state index is 0.0218. The summed E-state index contributed by atoms with van der Waals surface area (Å²) < 4.78 is 103. The van der Waals surface area contributed by atoms with Crippen molar-refractivity contribution in [2.24, 2.45) is 4.99 Å². The Kier molecular flexibility index (Phi) is 4.09. The molecule has 1 aromatic carbocycles. The van der Waals surface area contributed by atoms with E-state index in [0.717, 1.165) is 11.0 Å². The first-order valence-electron chi connectivity index (χ1n) is 8.00. The number of halogens is 7. The fourth-order valence-electron chi connectivity index (χ4n) is 3.45. The standard InChI is InChI=1S/C17H11F7N2O2/c18-10-3-1-2-9-13(10)27-6-12(19)16(9)7-26-5-8(17(22,23)24)4-11(14(26)25-16)28-15(20)21/h1-5,12,15H,6-7H2/t12-,16+/m0/s1. The van der Waals surface area contributed by atoms with E-state index in [0.29, 0.717) is 12.3 Å². The molecule has 3 aliphatic heterocycles. The van der Waals surface area contributed by atoms with Crippen molar-refractivity contribution in [3.05, 3.63) is 53.2 Å². The molecule has 0 unspecified atom stereocenters. The van der Waals surface area contributed by atoms with Crippen LogP contribution in [0.4, 0.5) is 30.7 Å². The Balaban J connectivity index is 1.86. The van der Waals surface area contributed by atoms with Gasteiger partial charge in [0.1, 0.15) is 12.1 Å². The van der Waals surface area contributed by atoms with Gasteiger partial charge >= 0.3 is 12.8 Å². The number of alkyl halides is 6. The number of allylic oxidation sites excluding steroid dienone is 2. The molecule has 0 amide bonds. The third-order valence-electron chi connectivity index (χ3n) is 4.66. The van der Waals surface area contributed by atoms with E-state index in [1.807, 2.05) is 0 Å². The van der Waals surface area contributed by atoms with Gasteiger partial charge in [0.05, 0.1) is 12.1 Å². The van der Waals surface area contributed by atoms with Crippen molar-refractivity contribution in [2.45, 2.75) is 24.5 Å². The first-order chi connectivity index (χ1) is 13.1. The molecule has 2 atom stereocenters. The van der Waals surface area contributed by atoms with E-state index in [-0.39, 0.29) is 11.3 Å². The van der Waals surface area contributed by atoms with Crippen molar-refractivity contribution in [3.8, 4) is 5.75 Å². The van der Waals surface area contributed by atoms with Gasteiger partial charge in [-0.3, -0.25) is 0 Å². The van der Waals surface area contributed by atoms with Gasteiger partial charge in [-0.2, -0.15) is 22.0 Å². The fourth-order valence-corrected chi connectivity index (χ4v) is 3.45. The Morgan fingerprint density at radius 1 is 1.29 bits per heavy atom. The second-order valence-corrected chi connectivity index (χ2v) is 6.35. The molecule has 3 heterocycles. The van der Waals surface area contributed by atoms with E-state index in [2.05, 4.69) is 9.73 Å². The summed E-state index contributed by atoms with van der Waals surface area (Å²) in [7, 11) is 0. The molecule has 0 saturated carbocycles. The Morgan fingerprint density at radius 3 is 2.71 bits per heavy atom. The Bertz CT molecular complexity index is 909. The molecule has 28 heavy (non-hydrogen) atoms. The maximum absolute atomic E-state index is 14.9. The molecule has 3 aliphatic rings. The van der Waals surface area contributed by atoms with Gasteiger partial charge in [-0.15, -0.1) is 0 Å². The highest BCUT2D eigenvalue weighted by Gasteiger charge is 2.54. The molecule has 0 bridgehead atoms. The first-order valence-corrected chi connectivity index (χ1v) is 8.00. The van der Waals surface area contributed by atoms with Crippen molar-refractivity contribution >= 4 is 5.84 Å². The normalized spacial score (nSPS) is 26.4. The SMILES string of the molecule is Fc1cccc2c1OC[C@H](F)[C@@]21CN2C=C(C(F)(F)F)C=C(OC(F)F)C2=N1. The summed E-state index contributed by atoms with van der Waals surface area (Å²) in [6.07, 6.45) is -5.70. The van der Waals surface area contributed by atoms with E-state index in [4.69, 9.17) is 4.74 Å². The van der Waals surface area contributed by atoms with E-state index in [1.54, 1.807) is 0 Å². The molecule has 0 aromatic heterocycles. The highest BCUT2D eigenvalue weighted by molar-refractivity contribution is 6.00. The first kappa shape index (κ1) is 18.6. The number of rotatable bonds is 2. The van der Waals surface area contributed by atoms with Crippen LogP contribution in [-0.2, 0) is 10.3 Å². The number of para-hydroxylation sites is 1. The van der Waals surface area contributed by atoms with Crippen LogP contribution in [0.3, 0.4) is 0 Å². The van der Waals surface area contributed by atoms with Gasteiger partial charge in [0.15, 0.2) is 29.3 Å². The Morgan fingerprint density at radius 2 is 2.04 bits per heavy atom. The van der Waals surface area contributed by atoms with Gasteiger partial charge in [-0.1, -0.05) is 12.1 Å². The fraction of sp³-hybridized carbons (Fsp3) is 0.353. The van der Waals surface area contributed by atoms with Crippen molar-refractivity contribution in [2.75, 3.05) is 13.2 Å². The molecular weight excluding hydrogens is 397 g/mol. The zero-order chi connectivity index (χ0) is 20.3. The highest BCUT2D eigenvalue weighted by Crippen LogP contribution is 2.48. The van der Waals surface area contributed by atoms with Crippen LogP contribution in [0.25, 0.3) is 0 Å². The Hall–Kier alpha value is -2.72. The number of nitrogens with zero attached hydrogens (tertiary/aromatic N) is 2. The molecule has 11 heteroatoms. The lowest BCUT2D eigenvalue weighted by atomic mass is 9.84. The monoisotopic (exact) mass is 408 g/mol. The second-order valence-electron chi connectivity index (χ2n) is 6.35. The number of ether oxygens (including phenoxy) is 2. The molecule has 0 fully saturated rings. The lowest BCUT2D eigenvalue weighted by Crippen LogP contribution is -2.46. The smallest absolute Gasteiger partial charge is 0.417 e. The maximum atomic E-state index is 14.9. The summed E-state index contributed by atoms with van der Waals surface area (Å²) in [5.74, 6) is -2.31. The molecule has 0 aliphatic carbocycles. The quantitative estimate of drug-likeness (QED) is 0.693. The van der Waals surface area contributed by atoms with Gasteiger partial charge in [0, 0.05) is 11.8 Å². The van der Waals surface area contributed by atoms with E-state index in [9.17, 15) is 30.7 Å². The maximum Gasteiger partial charge on any atom is 0.417 e. The summed E-state index contributed by atoms with van der Waals surface area (Å²) in [6, 6.07) is 3.68. The average Bonchev–Trinajstić information content (AvgIpc) is 2.98. The zero-order valence-electron chi connectivity index (χ0n) is 13.8. The minimum Gasteiger partial charge on any atom is -0.487 e. The highest BCUT2D eigenvalue weighted by atomic mass is 19.4. The number of amidine groups is 1. The molecule has 4 nitrogen and oxygen atoms in total. The minimum atomic E-state index is -4.85. The van der Waals surface area contributed by atoms with Crippen LogP contribution < -0.4 is 4.74 Å². The van der Waals surface area contributed by atoms with Gasteiger partial charge < -0.3 is 14.4 Å². The summed E-state index contributed by atoms with van der Waals surface area (Å²) in [5.41, 5.74) is -3.11. The van der Waals surface area contributed by atoms with Gasteiger partial charge in [0.2, 0.25) is 0 Å². The molecule has 0 N–H and O–H groups in total. The van der Waals surface area contributed by atoms with Crippen LogP contribution in [0.15, 0.2) is 46.8 Å². The number of hydrogen-bond donors (Lipinski definition) is 0. The van der Waals surface area contributed by atoms with Crippen molar-refractivity contribution < 1.29 is 40.2 Å². The predicted molar refractivity (Wildman–Crippen MR) is 81.9 cm³/mol. The number of hydrogen-bond acceptors (Lipinski definition) is 4. The van der Waals surface area contributed by atoms with Crippen LogP contribution >= 0.6 is 0 Å². The van der Waals surface area contributed by atoms with Crippen LogP contribution in [0.1, 0.15) is 5.56 Å². The molecule has 0 saturated heterocycles. The molecule has 0 radical (unpaired) electrons. The van der Waals surface area contributed by atoms with Gasteiger partial charge in [-0.25, -0.2) is 13.8 Å². The van der Waals surface area contributed by atoms with E-state index >= 15 is 0 Å². The Labute approximate surface area is 153 Å². The van der Waals surface area contributed by atoms with Crippen molar-refractivity contribution in [3.63, 3.8) is 0 Å². The average molecular weight is 408 g/mol. The zero-order valence-corrected chi connectivity index (χ0v) is 13.8. The molecule has 150 valence electrons. The molecule has 1 aromatic rings. The van der Waals surface area contributed by atoms with Crippen LogP contribution in [0, 0.1) is 5.82 Å². The predicted octanol–water partition coefficient (Wildman–Crippen LogP) is 4.05. The number of aliphatic imine (C=N–C) groups is 1. The number of benzene rings is 1. The molecule has 1 spiro atoms. The second kappa shape index (κ2) is 6.14. The topological polar surface area (TPSA) is 34.1 Å². The van der Waals surface area contributed by atoms with Crippen molar-refractivity contribution in [1.29, 1.82) is 0 Å². The lowest BCUT2D eigenvalue weighted by Gasteiger charge is -2.36. The van der Waals surface area contributed by atoms with E-state index < -0.39 is 60.6 Å². The summed E-state index contributed by atoms with van der Waals surface area (Å²) in [4.78, 5) is 4.98. The van der Waals surface area contributed by atoms with Crippen LogP contribution in [0.2, 0.25) is 0 Å². The number of fused-ring (bicyclic) bond motifs is 3.